The van der Waals surface area contributed by atoms with Gasteiger partial charge in [0.15, 0.2) is 5.82 Å². The molecule has 6 heteroatoms. The Morgan fingerprint density at radius 1 is 1.26 bits per heavy atom. The van der Waals surface area contributed by atoms with E-state index >= 15 is 0 Å². The van der Waals surface area contributed by atoms with Crippen molar-refractivity contribution in [2.75, 3.05) is 11.1 Å². The van der Waals surface area contributed by atoms with E-state index in [4.69, 9.17) is 5.73 Å². The number of nitrogens with zero attached hydrogens (tertiary/aromatic N) is 1. The molecule has 0 aliphatic rings. The SMILES string of the molecule is Cc1ccnc(Nc2ccccc2OC(F)F)c1N. The number of ether oxygens (including phenoxy) is 1. The Morgan fingerprint density at radius 2 is 2.00 bits per heavy atom. The summed E-state index contributed by atoms with van der Waals surface area (Å²) < 4.78 is 29.0. The van der Waals surface area contributed by atoms with E-state index in [2.05, 4.69) is 15.0 Å². The fourth-order valence-corrected chi connectivity index (χ4v) is 1.57. The van der Waals surface area contributed by atoms with Gasteiger partial charge in [-0.3, -0.25) is 0 Å². The molecule has 0 aliphatic heterocycles. The number of nitrogens with one attached hydrogen (secondary N) is 1. The largest absolute Gasteiger partial charge is 0.433 e. The number of para-hydroxylation sites is 2. The smallest absolute Gasteiger partial charge is 0.387 e. The van der Waals surface area contributed by atoms with Gasteiger partial charge < -0.3 is 15.8 Å². The van der Waals surface area contributed by atoms with Crippen LogP contribution >= 0.6 is 0 Å². The molecule has 0 aliphatic carbocycles. The molecule has 0 radical (unpaired) electrons. The van der Waals surface area contributed by atoms with Gasteiger partial charge in [-0.05, 0) is 30.7 Å². The summed E-state index contributed by atoms with van der Waals surface area (Å²) in [6.45, 7) is -1.05. The van der Waals surface area contributed by atoms with Crippen molar-refractivity contribution >= 4 is 17.2 Å². The molecule has 19 heavy (non-hydrogen) atoms. The minimum Gasteiger partial charge on any atom is -0.433 e. The molecule has 0 saturated heterocycles. The first-order valence-corrected chi connectivity index (χ1v) is 5.60. The van der Waals surface area contributed by atoms with E-state index in [9.17, 15) is 8.78 Å². The van der Waals surface area contributed by atoms with Gasteiger partial charge in [-0.25, -0.2) is 4.98 Å². The van der Waals surface area contributed by atoms with Crippen LogP contribution in [0.15, 0.2) is 36.5 Å². The van der Waals surface area contributed by atoms with Crippen molar-refractivity contribution < 1.29 is 13.5 Å². The third-order valence-electron chi connectivity index (χ3n) is 2.56. The molecule has 0 saturated carbocycles. The molecule has 3 N–H and O–H groups in total. The molecule has 0 bridgehead atoms. The molecule has 1 heterocycles. The van der Waals surface area contributed by atoms with Crippen LogP contribution in [0.2, 0.25) is 0 Å². The molecular formula is C13H13F2N3O. The predicted molar refractivity (Wildman–Crippen MR) is 69.7 cm³/mol. The van der Waals surface area contributed by atoms with Crippen molar-refractivity contribution in [2.45, 2.75) is 13.5 Å². The molecule has 2 aromatic rings. The highest BCUT2D eigenvalue weighted by Gasteiger charge is 2.11. The van der Waals surface area contributed by atoms with E-state index in [1.54, 1.807) is 30.5 Å². The minimum absolute atomic E-state index is 0.0419. The summed E-state index contributed by atoms with van der Waals surface area (Å²) >= 11 is 0. The Labute approximate surface area is 109 Å². The van der Waals surface area contributed by atoms with Crippen molar-refractivity contribution in [2.24, 2.45) is 0 Å². The summed E-state index contributed by atoms with van der Waals surface area (Å²) in [5.41, 5.74) is 7.57. The minimum atomic E-state index is -2.88. The fraction of sp³-hybridized carbons (Fsp3) is 0.154. The first kappa shape index (κ1) is 13.1. The number of aromatic nitrogens is 1. The topological polar surface area (TPSA) is 60.2 Å². The number of halogens is 2. The number of nitrogen functional groups attached to an aromatic ring is 1. The van der Waals surface area contributed by atoms with Crippen LogP contribution in [-0.2, 0) is 0 Å². The van der Waals surface area contributed by atoms with Crippen LogP contribution in [0.1, 0.15) is 5.56 Å². The van der Waals surface area contributed by atoms with E-state index in [0.717, 1.165) is 5.56 Å². The predicted octanol–water partition coefficient (Wildman–Crippen LogP) is 3.32. The second kappa shape index (κ2) is 5.51. The summed E-state index contributed by atoms with van der Waals surface area (Å²) in [7, 11) is 0. The van der Waals surface area contributed by atoms with Crippen LogP contribution in [0.3, 0.4) is 0 Å². The highest BCUT2D eigenvalue weighted by atomic mass is 19.3. The number of pyridine rings is 1. The molecule has 100 valence electrons. The lowest BCUT2D eigenvalue weighted by Gasteiger charge is -2.13. The van der Waals surface area contributed by atoms with Crippen LogP contribution in [0, 0.1) is 6.92 Å². The average Bonchev–Trinajstić information content (AvgIpc) is 2.36. The number of benzene rings is 1. The average molecular weight is 265 g/mol. The number of nitrogens with two attached hydrogens (primary N) is 1. The molecule has 0 fully saturated rings. The second-order valence-electron chi connectivity index (χ2n) is 3.89. The Morgan fingerprint density at radius 3 is 2.74 bits per heavy atom. The molecule has 0 spiro atoms. The highest BCUT2D eigenvalue weighted by molar-refractivity contribution is 5.73. The summed E-state index contributed by atoms with van der Waals surface area (Å²) in [6.07, 6.45) is 1.59. The number of hydrogen-bond donors (Lipinski definition) is 2. The maximum atomic E-state index is 12.3. The van der Waals surface area contributed by atoms with Crippen LogP contribution in [-0.4, -0.2) is 11.6 Å². The molecule has 0 unspecified atom stereocenters. The lowest BCUT2D eigenvalue weighted by Crippen LogP contribution is -2.06. The normalized spacial score (nSPS) is 10.5. The van der Waals surface area contributed by atoms with Crippen molar-refractivity contribution in [3.05, 3.63) is 42.1 Å². The summed E-state index contributed by atoms with van der Waals surface area (Å²) in [5, 5.41) is 2.89. The molecule has 1 aromatic heterocycles. The Kier molecular flexibility index (Phi) is 3.79. The van der Waals surface area contributed by atoms with Crippen molar-refractivity contribution in [3.63, 3.8) is 0 Å². The monoisotopic (exact) mass is 265 g/mol. The van der Waals surface area contributed by atoms with Gasteiger partial charge in [0.1, 0.15) is 5.75 Å². The third-order valence-corrected chi connectivity index (χ3v) is 2.56. The van der Waals surface area contributed by atoms with Crippen LogP contribution in [0.4, 0.5) is 26.0 Å². The molecular weight excluding hydrogens is 252 g/mol. The number of alkyl halides is 2. The van der Waals surface area contributed by atoms with Gasteiger partial charge in [0.2, 0.25) is 0 Å². The number of hydrogen-bond acceptors (Lipinski definition) is 4. The van der Waals surface area contributed by atoms with Gasteiger partial charge in [-0.2, -0.15) is 8.78 Å². The van der Waals surface area contributed by atoms with Gasteiger partial charge in [-0.15, -0.1) is 0 Å². The maximum absolute atomic E-state index is 12.3. The fourth-order valence-electron chi connectivity index (χ4n) is 1.57. The molecule has 0 amide bonds. The molecule has 0 atom stereocenters. The first-order chi connectivity index (χ1) is 9.08. The lowest BCUT2D eigenvalue weighted by molar-refractivity contribution is -0.0493. The zero-order chi connectivity index (χ0) is 13.8. The van der Waals surface area contributed by atoms with Crippen LogP contribution in [0.25, 0.3) is 0 Å². The second-order valence-corrected chi connectivity index (χ2v) is 3.89. The summed E-state index contributed by atoms with van der Waals surface area (Å²) in [4.78, 5) is 4.08. The zero-order valence-corrected chi connectivity index (χ0v) is 10.2. The van der Waals surface area contributed by atoms with Crippen LogP contribution < -0.4 is 15.8 Å². The Hall–Kier alpha value is -2.37. The quantitative estimate of drug-likeness (QED) is 0.890. The number of anilines is 3. The van der Waals surface area contributed by atoms with Gasteiger partial charge >= 0.3 is 6.61 Å². The molecule has 1 aromatic carbocycles. The van der Waals surface area contributed by atoms with Crippen molar-refractivity contribution in [3.8, 4) is 5.75 Å². The van der Waals surface area contributed by atoms with Gasteiger partial charge in [-0.1, -0.05) is 12.1 Å². The van der Waals surface area contributed by atoms with E-state index in [-0.39, 0.29) is 5.75 Å². The van der Waals surface area contributed by atoms with E-state index < -0.39 is 6.61 Å². The van der Waals surface area contributed by atoms with Crippen LogP contribution in [0.5, 0.6) is 5.75 Å². The highest BCUT2D eigenvalue weighted by Crippen LogP contribution is 2.30. The van der Waals surface area contributed by atoms with E-state index in [0.29, 0.717) is 17.2 Å². The van der Waals surface area contributed by atoms with Gasteiger partial charge in [0.05, 0.1) is 11.4 Å². The summed E-state index contributed by atoms with van der Waals surface area (Å²) in [6, 6.07) is 8.13. The summed E-state index contributed by atoms with van der Waals surface area (Å²) in [5.74, 6) is 0.450. The standard InChI is InChI=1S/C13H13F2N3O/c1-8-6-7-17-12(11(8)16)18-9-4-2-3-5-10(9)19-13(14)15/h2-7,13H,16H2,1H3,(H,17,18). The van der Waals surface area contributed by atoms with Crippen molar-refractivity contribution in [1.82, 2.24) is 4.98 Å². The van der Waals surface area contributed by atoms with Crippen molar-refractivity contribution in [1.29, 1.82) is 0 Å². The Bertz CT molecular complexity index is 576. The number of aryl methyl sites for hydroxylation is 1. The molecule has 4 nitrogen and oxygen atoms in total. The molecule has 2 rings (SSSR count). The van der Waals surface area contributed by atoms with E-state index in [1.807, 2.05) is 6.92 Å². The Balaban J connectivity index is 2.30. The number of rotatable bonds is 4. The van der Waals surface area contributed by atoms with Gasteiger partial charge in [0.25, 0.3) is 0 Å². The van der Waals surface area contributed by atoms with Gasteiger partial charge in [0, 0.05) is 6.20 Å². The van der Waals surface area contributed by atoms with E-state index in [1.165, 1.54) is 6.07 Å². The lowest BCUT2D eigenvalue weighted by atomic mass is 10.2. The maximum Gasteiger partial charge on any atom is 0.387 e. The first-order valence-electron chi connectivity index (χ1n) is 5.60. The zero-order valence-electron chi connectivity index (χ0n) is 10.2. The third kappa shape index (κ3) is 3.09.